The minimum Gasteiger partial charge on any atom is -0.453 e. The second-order valence-corrected chi connectivity index (χ2v) is 7.82. The van der Waals surface area contributed by atoms with Crippen LogP contribution in [-0.4, -0.2) is 79.0 Å². The molecule has 1 atom stereocenters. The van der Waals surface area contributed by atoms with Gasteiger partial charge in [-0.2, -0.15) is 11.8 Å². The summed E-state index contributed by atoms with van der Waals surface area (Å²) >= 11 is 7.72. The third kappa shape index (κ3) is 6.04. The minimum atomic E-state index is -0.638. The van der Waals surface area contributed by atoms with Crippen LogP contribution in [0.1, 0.15) is 23.2 Å². The van der Waals surface area contributed by atoms with E-state index in [-0.39, 0.29) is 17.9 Å². The van der Waals surface area contributed by atoms with Gasteiger partial charge >= 0.3 is 6.09 Å². The number of benzene rings is 1. The molecule has 1 aliphatic heterocycles. The van der Waals surface area contributed by atoms with Gasteiger partial charge < -0.3 is 19.9 Å². The fourth-order valence-corrected chi connectivity index (χ4v) is 3.74. The van der Waals surface area contributed by atoms with Crippen LogP contribution in [0.15, 0.2) is 24.3 Å². The zero-order valence-electron chi connectivity index (χ0n) is 16.2. The van der Waals surface area contributed by atoms with Gasteiger partial charge in [-0.05, 0) is 37.0 Å². The lowest BCUT2D eigenvalue weighted by Crippen LogP contribution is -2.50. The molecule has 2 rings (SSSR count). The van der Waals surface area contributed by atoms with Crippen LogP contribution in [0, 0.1) is 0 Å². The van der Waals surface area contributed by atoms with Crippen LogP contribution in [0.3, 0.4) is 0 Å². The average Bonchev–Trinajstić information content (AvgIpc) is 2.96. The predicted octanol–water partition coefficient (Wildman–Crippen LogP) is 2.49. The monoisotopic (exact) mass is 427 g/mol. The van der Waals surface area contributed by atoms with Gasteiger partial charge in [-0.25, -0.2) is 4.79 Å². The summed E-state index contributed by atoms with van der Waals surface area (Å²) in [6.07, 6.45) is 2.75. The molecule has 1 aliphatic rings. The predicted molar refractivity (Wildman–Crippen MR) is 111 cm³/mol. The van der Waals surface area contributed by atoms with Crippen molar-refractivity contribution in [3.05, 3.63) is 34.9 Å². The maximum Gasteiger partial charge on any atom is 0.409 e. The Bertz CT molecular complexity index is 704. The number of nitrogens with zero attached hydrogens (tertiary/aromatic N) is 2. The van der Waals surface area contributed by atoms with Crippen LogP contribution in [0.2, 0.25) is 5.02 Å². The normalized spacial score (nSPS) is 15.5. The quantitative estimate of drug-likeness (QED) is 0.754. The Labute approximate surface area is 174 Å². The summed E-state index contributed by atoms with van der Waals surface area (Å²) in [6.45, 7) is 1.89. The van der Waals surface area contributed by atoms with Crippen molar-refractivity contribution in [2.24, 2.45) is 0 Å². The number of hydrogen-bond acceptors (Lipinski definition) is 5. The van der Waals surface area contributed by atoms with Crippen molar-refractivity contribution in [1.82, 2.24) is 15.1 Å². The highest BCUT2D eigenvalue weighted by Gasteiger charge is 2.29. The molecule has 1 aromatic carbocycles. The zero-order chi connectivity index (χ0) is 20.5. The van der Waals surface area contributed by atoms with E-state index in [0.29, 0.717) is 49.6 Å². The van der Waals surface area contributed by atoms with E-state index in [9.17, 15) is 14.4 Å². The first kappa shape index (κ1) is 22.4. The Morgan fingerprint density at radius 1 is 1.18 bits per heavy atom. The van der Waals surface area contributed by atoms with Gasteiger partial charge in [-0.3, -0.25) is 9.59 Å². The van der Waals surface area contributed by atoms with Crippen molar-refractivity contribution in [2.45, 2.75) is 18.9 Å². The van der Waals surface area contributed by atoms with Crippen LogP contribution in [0.4, 0.5) is 4.79 Å². The molecule has 1 saturated heterocycles. The first-order chi connectivity index (χ1) is 13.5. The van der Waals surface area contributed by atoms with Gasteiger partial charge in [-0.1, -0.05) is 23.7 Å². The molecule has 28 heavy (non-hydrogen) atoms. The zero-order valence-corrected chi connectivity index (χ0v) is 17.7. The largest absolute Gasteiger partial charge is 0.453 e. The Balaban J connectivity index is 2.07. The van der Waals surface area contributed by atoms with Crippen molar-refractivity contribution >= 4 is 41.3 Å². The van der Waals surface area contributed by atoms with Gasteiger partial charge in [0.05, 0.1) is 17.7 Å². The highest BCUT2D eigenvalue weighted by Crippen LogP contribution is 2.16. The molecule has 0 spiro atoms. The molecule has 0 aliphatic carbocycles. The number of rotatable bonds is 6. The summed E-state index contributed by atoms with van der Waals surface area (Å²) in [6, 6.07) is 6.12. The molecule has 1 unspecified atom stereocenters. The van der Waals surface area contributed by atoms with Crippen molar-refractivity contribution in [2.75, 3.05) is 45.3 Å². The summed E-state index contributed by atoms with van der Waals surface area (Å²) in [4.78, 5) is 40.8. The summed E-state index contributed by atoms with van der Waals surface area (Å²) in [7, 11) is 1.35. The number of carbonyl (C=O) groups is 3. The van der Waals surface area contributed by atoms with Crippen LogP contribution in [0.5, 0.6) is 0 Å². The number of halogens is 1. The van der Waals surface area contributed by atoms with Gasteiger partial charge in [0.1, 0.15) is 6.04 Å². The molecule has 1 fully saturated rings. The fraction of sp³-hybridized carbons (Fsp3) is 0.526. The van der Waals surface area contributed by atoms with Gasteiger partial charge in [0, 0.05) is 26.2 Å². The average molecular weight is 428 g/mol. The van der Waals surface area contributed by atoms with Gasteiger partial charge in [0.25, 0.3) is 5.91 Å². The van der Waals surface area contributed by atoms with E-state index in [1.807, 2.05) is 6.26 Å². The van der Waals surface area contributed by atoms with Crippen molar-refractivity contribution in [3.63, 3.8) is 0 Å². The fourth-order valence-electron chi connectivity index (χ4n) is 3.04. The number of methoxy groups -OCH3 is 1. The smallest absolute Gasteiger partial charge is 0.409 e. The van der Waals surface area contributed by atoms with Gasteiger partial charge in [0.15, 0.2) is 0 Å². The molecule has 1 heterocycles. The summed E-state index contributed by atoms with van der Waals surface area (Å²) in [5.74, 6) is 0.235. The Hall–Kier alpha value is -1.93. The molecule has 0 radical (unpaired) electrons. The molecule has 3 amide bonds. The summed E-state index contributed by atoms with van der Waals surface area (Å²) < 4.78 is 4.77. The molecule has 0 bridgehead atoms. The maximum atomic E-state index is 13.1. The highest BCUT2D eigenvalue weighted by molar-refractivity contribution is 7.98. The van der Waals surface area contributed by atoms with Crippen molar-refractivity contribution < 1.29 is 19.1 Å². The second kappa shape index (κ2) is 11.2. The molecule has 0 aromatic heterocycles. The molecule has 7 nitrogen and oxygen atoms in total. The Morgan fingerprint density at radius 3 is 2.54 bits per heavy atom. The van der Waals surface area contributed by atoms with E-state index in [1.54, 1.807) is 45.8 Å². The van der Waals surface area contributed by atoms with E-state index in [4.69, 9.17) is 16.3 Å². The number of hydrogen-bond donors (Lipinski definition) is 1. The molecule has 0 saturated carbocycles. The highest BCUT2D eigenvalue weighted by atomic mass is 35.5. The van der Waals surface area contributed by atoms with Gasteiger partial charge in [0.2, 0.25) is 5.91 Å². The molecule has 154 valence electrons. The van der Waals surface area contributed by atoms with Crippen molar-refractivity contribution in [3.8, 4) is 0 Å². The first-order valence-corrected chi connectivity index (χ1v) is 10.9. The number of thioether (sulfide) groups is 1. The Morgan fingerprint density at radius 2 is 1.86 bits per heavy atom. The molecular weight excluding hydrogens is 402 g/mol. The summed E-state index contributed by atoms with van der Waals surface area (Å²) in [5, 5.41) is 3.19. The third-order valence-electron chi connectivity index (χ3n) is 4.57. The van der Waals surface area contributed by atoms with Crippen LogP contribution < -0.4 is 5.32 Å². The van der Waals surface area contributed by atoms with E-state index in [2.05, 4.69) is 5.32 Å². The lowest BCUT2D eigenvalue weighted by atomic mass is 10.1. The summed E-state index contributed by atoms with van der Waals surface area (Å²) in [5.41, 5.74) is 0.346. The maximum absolute atomic E-state index is 13.1. The van der Waals surface area contributed by atoms with E-state index >= 15 is 0 Å². The van der Waals surface area contributed by atoms with E-state index in [1.165, 1.54) is 7.11 Å². The lowest BCUT2D eigenvalue weighted by molar-refractivity contribution is -0.133. The molecular formula is C19H26ClN3O4S. The van der Waals surface area contributed by atoms with Crippen LogP contribution in [-0.2, 0) is 9.53 Å². The number of carbonyl (C=O) groups excluding carboxylic acids is 3. The first-order valence-electron chi connectivity index (χ1n) is 9.14. The molecule has 1 N–H and O–H groups in total. The van der Waals surface area contributed by atoms with E-state index < -0.39 is 6.04 Å². The Kier molecular flexibility index (Phi) is 8.92. The van der Waals surface area contributed by atoms with Crippen molar-refractivity contribution in [1.29, 1.82) is 0 Å². The standard InChI is InChI=1S/C19H26ClN3O4S/c1-27-19(26)23-10-5-9-22(11-12-23)18(25)16(8-13-28-2)21-17(24)14-6-3-4-7-15(14)20/h3-4,6-7,16H,5,8-13H2,1-2H3,(H,21,24). The van der Waals surface area contributed by atoms with Gasteiger partial charge in [-0.15, -0.1) is 0 Å². The number of ether oxygens (including phenoxy) is 1. The topological polar surface area (TPSA) is 79.0 Å². The number of amides is 3. The second-order valence-electron chi connectivity index (χ2n) is 6.42. The lowest BCUT2D eigenvalue weighted by Gasteiger charge is -2.27. The van der Waals surface area contributed by atoms with E-state index in [0.717, 1.165) is 5.75 Å². The third-order valence-corrected chi connectivity index (χ3v) is 5.55. The minimum absolute atomic E-state index is 0.138. The van der Waals surface area contributed by atoms with Crippen LogP contribution in [0.25, 0.3) is 0 Å². The molecule has 9 heteroatoms. The SMILES string of the molecule is COC(=O)N1CCCN(C(=O)C(CCSC)NC(=O)c2ccccc2Cl)CC1. The molecule has 1 aromatic rings. The van der Waals surface area contributed by atoms with Crippen LogP contribution >= 0.6 is 23.4 Å². The number of nitrogens with one attached hydrogen (secondary N) is 1.